The lowest BCUT2D eigenvalue weighted by Crippen LogP contribution is -2.66. The number of aromatic nitrogens is 1. The number of aliphatic hydroxyl groups is 1. The zero-order chi connectivity index (χ0) is 38.9. The number of pyridine rings is 1. The molecule has 0 bridgehead atoms. The van der Waals surface area contributed by atoms with E-state index in [0.29, 0.717) is 50.5 Å². The van der Waals surface area contributed by atoms with Gasteiger partial charge in [0.15, 0.2) is 0 Å². The van der Waals surface area contributed by atoms with Crippen LogP contribution in [0.15, 0.2) is 130 Å². The summed E-state index contributed by atoms with van der Waals surface area (Å²) in [6, 6.07) is 34.6. The molecule has 2 aliphatic heterocycles. The summed E-state index contributed by atoms with van der Waals surface area (Å²) in [7, 11) is -2.93. The number of thiophene rings is 1. The highest BCUT2D eigenvalue weighted by Gasteiger charge is 2.58. The Morgan fingerprint density at radius 3 is 2.29 bits per heavy atom. The summed E-state index contributed by atoms with van der Waals surface area (Å²) in [5, 5.41) is 13.8. The summed E-state index contributed by atoms with van der Waals surface area (Å²) in [6.07, 6.45) is 5.21. The Labute approximate surface area is 333 Å². The summed E-state index contributed by atoms with van der Waals surface area (Å²) in [5.74, 6) is -0.209. The molecule has 4 atom stereocenters. The van der Waals surface area contributed by atoms with Crippen LogP contribution in [0, 0.1) is 17.8 Å². The van der Waals surface area contributed by atoms with Crippen molar-refractivity contribution in [1.82, 2.24) is 9.88 Å². The number of furan rings is 1. The van der Waals surface area contributed by atoms with Gasteiger partial charge in [-0.25, -0.2) is 0 Å². The fraction of sp³-hybridized carbons (Fsp3) is 0.326. The number of likely N-dealkylation sites (tertiary alicyclic amines) is 1. The van der Waals surface area contributed by atoms with Gasteiger partial charge in [-0.05, 0) is 93.2 Å². The minimum absolute atomic E-state index is 0.0973. The number of nitrogens with zero attached hydrogens (tertiary/aromatic N) is 2. The fourth-order valence-electron chi connectivity index (χ4n) is 9.18. The first-order chi connectivity index (χ1) is 27.2. The molecule has 5 aromatic rings. The lowest BCUT2D eigenvalue weighted by molar-refractivity contribution is -0.140. The number of allylic oxidation sites excluding steroid dienone is 1. The molecule has 3 aromatic heterocycles. The van der Waals surface area contributed by atoms with Gasteiger partial charge in [0.2, 0.25) is 11.8 Å². The third kappa shape index (κ3) is 7.21. The van der Waals surface area contributed by atoms with Gasteiger partial charge in [-0.15, -0.1) is 11.3 Å². The molecule has 288 valence electrons. The molecule has 8 nitrogen and oxygen atoms in total. The van der Waals surface area contributed by atoms with Gasteiger partial charge >= 0.3 is 0 Å². The summed E-state index contributed by atoms with van der Waals surface area (Å²) in [6.45, 7) is 7.65. The van der Waals surface area contributed by atoms with Crippen molar-refractivity contribution in [3.63, 3.8) is 0 Å². The Morgan fingerprint density at radius 1 is 0.929 bits per heavy atom. The van der Waals surface area contributed by atoms with Crippen LogP contribution >= 0.6 is 11.3 Å². The van der Waals surface area contributed by atoms with Gasteiger partial charge < -0.3 is 18.7 Å². The number of hydrogen-bond acceptors (Lipinski definition) is 8. The van der Waals surface area contributed by atoms with Gasteiger partial charge in [0, 0.05) is 17.0 Å². The standard InChI is InChI=1S/C46H48N2O6SSi/c1-46(2,3)56(36-14-6-4-7-15-36,37-16-8-5-9-17-37)53-29-32-26-38-43(45(51)48(44(38)50)27-35-13-12-24-55-35)39-30-52-41(42(32)39)22-19-31(40-18-10-11-23-47-40)25-33-20-21-34(28-49)54-33/h4-18,20-21,23-25,38-39,41,43,49H,19,22,26-30H2,1-3H3/b31-25-/t38-,39+,41-,43-/m1/s1. The molecule has 2 fully saturated rings. The average Bonchev–Trinajstić information content (AvgIpc) is 4.03. The zero-order valence-electron chi connectivity index (χ0n) is 32.1. The largest absolute Gasteiger partial charge is 0.459 e. The first-order valence-electron chi connectivity index (χ1n) is 19.5. The van der Waals surface area contributed by atoms with E-state index < -0.39 is 20.2 Å². The van der Waals surface area contributed by atoms with E-state index in [1.54, 1.807) is 23.6 Å². The van der Waals surface area contributed by atoms with Crippen molar-refractivity contribution in [3.05, 3.63) is 148 Å². The summed E-state index contributed by atoms with van der Waals surface area (Å²) < 4.78 is 20.1. The Kier molecular flexibility index (Phi) is 10.9. The number of imide groups is 1. The van der Waals surface area contributed by atoms with Crippen molar-refractivity contribution in [2.45, 2.75) is 64.3 Å². The lowest BCUT2D eigenvalue weighted by atomic mass is 9.69. The molecule has 8 rings (SSSR count). The van der Waals surface area contributed by atoms with Crippen LogP contribution in [0.3, 0.4) is 0 Å². The number of ether oxygens (including phenoxy) is 1. The second-order valence-corrected chi connectivity index (χ2v) is 21.3. The van der Waals surface area contributed by atoms with E-state index in [2.05, 4.69) is 74.3 Å². The number of benzene rings is 2. The number of carbonyl (C=O) groups is 2. The van der Waals surface area contributed by atoms with Crippen molar-refractivity contribution in [2.75, 3.05) is 13.2 Å². The highest BCUT2D eigenvalue weighted by molar-refractivity contribution is 7.09. The molecule has 10 heteroatoms. The van der Waals surface area contributed by atoms with Crippen LogP contribution in [0.4, 0.5) is 0 Å². The highest BCUT2D eigenvalue weighted by atomic mass is 32.1. The molecule has 3 aliphatic rings. The third-order valence-corrected chi connectivity index (χ3v) is 17.5. The number of carbonyl (C=O) groups excluding carboxylic acids is 2. The van der Waals surface area contributed by atoms with Crippen molar-refractivity contribution in [1.29, 1.82) is 0 Å². The zero-order valence-corrected chi connectivity index (χ0v) is 33.9. The monoisotopic (exact) mass is 784 g/mol. The van der Waals surface area contributed by atoms with Crippen molar-refractivity contribution in [3.8, 4) is 0 Å². The van der Waals surface area contributed by atoms with Crippen LogP contribution in [0.1, 0.15) is 62.1 Å². The summed E-state index contributed by atoms with van der Waals surface area (Å²) >= 11 is 1.56. The quantitative estimate of drug-likeness (QED) is 0.0744. The van der Waals surface area contributed by atoms with Gasteiger partial charge in [-0.3, -0.25) is 19.5 Å². The first-order valence-corrected chi connectivity index (χ1v) is 22.2. The topological polar surface area (TPSA) is 102 Å². The van der Waals surface area contributed by atoms with E-state index in [9.17, 15) is 14.7 Å². The van der Waals surface area contributed by atoms with Gasteiger partial charge in [-0.1, -0.05) is 93.6 Å². The van der Waals surface area contributed by atoms with Crippen LogP contribution in [0.2, 0.25) is 5.04 Å². The number of amides is 2. The Morgan fingerprint density at radius 2 is 1.66 bits per heavy atom. The van der Waals surface area contributed by atoms with Crippen LogP contribution in [0.25, 0.3) is 11.6 Å². The van der Waals surface area contributed by atoms with E-state index >= 15 is 0 Å². The maximum absolute atomic E-state index is 14.3. The molecule has 0 radical (unpaired) electrons. The lowest BCUT2D eigenvalue weighted by Gasteiger charge is -2.44. The SMILES string of the molecule is CC(C)(C)[Si](OCC1=C2[C@@H](CC/C(=C/c3ccc(CO)o3)c3ccccn3)OC[C@@H]2[C@@H]2C(=O)N(Cc3cccs3)C(=O)[C@@H]2C1)(c1ccccc1)c1ccccc1. The molecule has 2 aromatic carbocycles. The second kappa shape index (κ2) is 16.0. The van der Waals surface area contributed by atoms with E-state index in [1.807, 2.05) is 60.0 Å². The van der Waals surface area contributed by atoms with Gasteiger partial charge in [0.05, 0.1) is 43.4 Å². The van der Waals surface area contributed by atoms with E-state index in [4.69, 9.17) is 13.6 Å². The maximum atomic E-state index is 14.3. The summed E-state index contributed by atoms with van der Waals surface area (Å²) in [4.78, 5) is 35.7. The number of fused-ring (bicyclic) bond motifs is 3. The molecule has 0 unspecified atom stereocenters. The minimum Gasteiger partial charge on any atom is -0.459 e. The van der Waals surface area contributed by atoms with Crippen LogP contribution in [-0.4, -0.2) is 54.4 Å². The molecule has 1 aliphatic carbocycles. The van der Waals surface area contributed by atoms with Gasteiger partial charge in [0.25, 0.3) is 8.32 Å². The molecule has 2 saturated heterocycles. The maximum Gasteiger partial charge on any atom is 0.261 e. The van der Waals surface area contributed by atoms with E-state index in [-0.39, 0.29) is 35.5 Å². The van der Waals surface area contributed by atoms with Crippen LogP contribution < -0.4 is 10.4 Å². The van der Waals surface area contributed by atoms with Crippen molar-refractivity contribution >= 4 is 53.5 Å². The Bertz CT molecular complexity index is 2170. The molecular formula is C46H48N2O6SSi. The second-order valence-electron chi connectivity index (χ2n) is 16.0. The minimum atomic E-state index is -2.93. The molecule has 5 heterocycles. The Hall–Kier alpha value is -4.71. The normalized spacial score (nSPS) is 21.5. The predicted molar refractivity (Wildman–Crippen MR) is 221 cm³/mol. The van der Waals surface area contributed by atoms with Crippen LogP contribution in [0.5, 0.6) is 0 Å². The predicted octanol–water partition coefficient (Wildman–Crippen LogP) is 7.64. The van der Waals surface area contributed by atoms with E-state index in [1.165, 1.54) is 15.3 Å². The van der Waals surface area contributed by atoms with Crippen LogP contribution in [-0.2, 0) is 31.9 Å². The number of aliphatic hydroxyl groups excluding tert-OH is 1. The smallest absolute Gasteiger partial charge is 0.261 e. The van der Waals surface area contributed by atoms with Crippen molar-refractivity contribution in [2.24, 2.45) is 17.8 Å². The number of hydrogen-bond donors (Lipinski definition) is 1. The van der Waals surface area contributed by atoms with Gasteiger partial charge in [0.1, 0.15) is 18.1 Å². The molecule has 2 amide bonds. The molecule has 1 N–H and O–H groups in total. The Balaban J connectivity index is 1.17. The molecule has 0 spiro atoms. The van der Waals surface area contributed by atoms with Gasteiger partial charge in [-0.2, -0.15) is 0 Å². The summed E-state index contributed by atoms with van der Waals surface area (Å²) in [5.41, 5.74) is 4.00. The highest BCUT2D eigenvalue weighted by Crippen LogP contribution is 2.51. The molecule has 0 saturated carbocycles. The first kappa shape index (κ1) is 38.2. The third-order valence-electron chi connectivity index (χ3n) is 11.7. The average molecular weight is 785 g/mol. The number of rotatable bonds is 13. The molecule has 56 heavy (non-hydrogen) atoms. The fourth-order valence-corrected chi connectivity index (χ4v) is 14.4. The van der Waals surface area contributed by atoms with E-state index in [0.717, 1.165) is 27.3 Å². The molecular weight excluding hydrogens is 737 g/mol. The van der Waals surface area contributed by atoms with Crippen molar-refractivity contribution < 1.29 is 28.3 Å².